The lowest BCUT2D eigenvalue weighted by Gasteiger charge is -2.18. The molecule has 1 heterocycles. The van der Waals surface area contributed by atoms with Crippen LogP contribution in [0.5, 0.6) is 0 Å². The summed E-state index contributed by atoms with van der Waals surface area (Å²) >= 11 is 1.74. The van der Waals surface area contributed by atoms with Gasteiger partial charge in [-0.05, 0) is 42.5 Å². The van der Waals surface area contributed by atoms with Crippen LogP contribution in [0.25, 0.3) is 0 Å². The van der Waals surface area contributed by atoms with Crippen molar-refractivity contribution in [3.8, 4) is 0 Å². The van der Waals surface area contributed by atoms with Crippen molar-refractivity contribution in [2.45, 2.75) is 19.9 Å². The summed E-state index contributed by atoms with van der Waals surface area (Å²) in [5.41, 5.74) is 9.54. The lowest BCUT2D eigenvalue weighted by atomic mass is 10.1. The van der Waals surface area contributed by atoms with E-state index in [9.17, 15) is 0 Å². The molecule has 0 amide bonds. The van der Waals surface area contributed by atoms with E-state index >= 15 is 0 Å². The molecule has 0 aliphatic carbocycles. The molecule has 2 nitrogen and oxygen atoms in total. The lowest BCUT2D eigenvalue weighted by Crippen LogP contribution is -2.20. The van der Waals surface area contributed by atoms with Crippen molar-refractivity contribution in [3.63, 3.8) is 0 Å². The standard InChI is InChI=1S/C14H18N2S/c1-10-5-6-11(2)12(8-10)16-13(9-15)14-4-3-7-17-14/h3-8,13,16H,9,15H2,1-2H3. The zero-order valence-electron chi connectivity index (χ0n) is 10.2. The van der Waals surface area contributed by atoms with Gasteiger partial charge in [-0.3, -0.25) is 0 Å². The number of benzene rings is 1. The fourth-order valence-corrected chi connectivity index (χ4v) is 2.61. The molecular weight excluding hydrogens is 228 g/mol. The first kappa shape index (κ1) is 12.1. The van der Waals surface area contributed by atoms with Gasteiger partial charge in [0.05, 0.1) is 6.04 Å². The zero-order valence-corrected chi connectivity index (χ0v) is 11.1. The summed E-state index contributed by atoms with van der Waals surface area (Å²) in [4.78, 5) is 1.29. The minimum absolute atomic E-state index is 0.204. The molecule has 2 rings (SSSR count). The average molecular weight is 246 g/mol. The van der Waals surface area contributed by atoms with E-state index in [2.05, 4.69) is 54.9 Å². The van der Waals surface area contributed by atoms with Crippen molar-refractivity contribution in [3.05, 3.63) is 51.7 Å². The van der Waals surface area contributed by atoms with Gasteiger partial charge in [-0.1, -0.05) is 18.2 Å². The fraction of sp³-hybridized carbons (Fsp3) is 0.286. The molecule has 0 radical (unpaired) electrons. The maximum Gasteiger partial charge on any atom is 0.0728 e. The summed E-state index contributed by atoms with van der Waals surface area (Å²) in [7, 11) is 0. The van der Waals surface area contributed by atoms with E-state index in [0.29, 0.717) is 6.54 Å². The molecule has 17 heavy (non-hydrogen) atoms. The molecule has 3 N–H and O–H groups in total. The summed E-state index contributed by atoms with van der Waals surface area (Å²) in [6.07, 6.45) is 0. The molecular formula is C14H18N2S. The summed E-state index contributed by atoms with van der Waals surface area (Å²) in [5, 5.41) is 5.61. The van der Waals surface area contributed by atoms with Crippen LogP contribution in [0.2, 0.25) is 0 Å². The highest BCUT2D eigenvalue weighted by atomic mass is 32.1. The van der Waals surface area contributed by atoms with Gasteiger partial charge >= 0.3 is 0 Å². The molecule has 90 valence electrons. The Bertz CT molecular complexity index is 477. The van der Waals surface area contributed by atoms with Crippen LogP contribution in [-0.2, 0) is 0 Å². The van der Waals surface area contributed by atoms with Gasteiger partial charge in [0, 0.05) is 17.1 Å². The molecule has 0 fully saturated rings. The maximum atomic E-state index is 5.84. The Labute approximate surface area is 106 Å². The van der Waals surface area contributed by atoms with Crippen LogP contribution in [0, 0.1) is 13.8 Å². The molecule has 3 heteroatoms. The first-order valence-corrected chi connectivity index (χ1v) is 6.66. The predicted molar refractivity (Wildman–Crippen MR) is 75.7 cm³/mol. The molecule has 0 saturated carbocycles. The monoisotopic (exact) mass is 246 g/mol. The molecule has 0 aliphatic rings. The molecule has 0 bridgehead atoms. The second kappa shape index (κ2) is 5.34. The van der Waals surface area contributed by atoms with Crippen LogP contribution in [0.3, 0.4) is 0 Å². The number of nitrogens with one attached hydrogen (secondary N) is 1. The molecule has 0 aliphatic heterocycles. The van der Waals surface area contributed by atoms with Gasteiger partial charge in [0.1, 0.15) is 0 Å². The van der Waals surface area contributed by atoms with Gasteiger partial charge in [0.25, 0.3) is 0 Å². The lowest BCUT2D eigenvalue weighted by molar-refractivity contribution is 0.804. The van der Waals surface area contributed by atoms with E-state index < -0.39 is 0 Å². The highest BCUT2D eigenvalue weighted by molar-refractivity contribution is 7.10. The van der Waals surface area contributed by atoms with E-state index in [1.165, 1.54) is 21.7 Å². The Morgan fingerprint density at radius 2 is 2.12 bits per heavy atom. The first-order chi connectivity index (χ1) is 8.20. The van der Waals surface area contributed by atoms with Gasteiger partial charge in [0.2, 0.25) is 0 Å². The molecule has 1 aromatic carbocycles. The SMILES string of the molecule is Cc1ccc(C)c(NC(CN)c2cccs2)c1. The molecule has 1 aromatic heterocycles. The number of hydrogen-bond donors (Lipinski definition) is 2. The van der Waals surface area contributed by atoms with Crippen LogP contribution in [0.15, 0.2) is 35.7 Å². The number of anilines is 1. The van der Waals surface area contributed by atoms with E-state index in [4.69, 9.17) is 5.73 Å². The van der Waals surface area contributed by atoms with E-state index in [-0.39, 0.29) is 6.04 Å². The number of hydrogen-bond acceptors (Lipinski definition) is 3. The van der Waals surface area contributed by atoms with Crippen molar-refractivity contribution in [1.29, 1.82) is 0 Å². The Kier molecular flexibility index (Phi) is 3.82. The molecule has 0 saturated heterocycles. The Hall–Kier alpha value is -1.32. The number of thiophene rings is 1. The van der Waals surface area contributed by atoms with Crippen LogP contribution in [0.4, 0.5) is 5.69 Å². The Morgan fingerprint density at radius 3 is 2.76 bits per heavy atom. The number of aryl methyl sites for hydroxylation is 2. The molecule has 1 unspecified atom stereocenters. The van der Waals surface area contributed by atoms with Crippen LogP contribution in [0.1, 0.15) is 22.0 Å². The van der Waals surface area contributed by atoms with E-state index in [0.717, 1.165) is 0 Å². The summed E-state index contributed by atoms with van der Waals surface area (Å²) in [6, 6.07) is 10.8. The van der Waals surface area contributed by atoms with Gasteiger partial charge in [-0.15, -0.1) is 11.3 Å². The summed E-state index contributed by atoms with van der Waals surface area (Å²) < 4.78 is 0. The smallest absolute Gasteiger partial charge is 0.0728 e. The van der Waals surface area contributed by atoms with Crippen molar-refractivity contribution in [2.24, 2.45) is 5.73 Å². The van der Waals surface area contributed by atoms with Gasteiger partial charge in [-0.25, -0.2) is 0 Å². The largest absolute Gasteiger partial charge is 0.376 e. The van der Waals surface area contributed by atoms with Crippen LogP contribution in [-0.4, -0.2) is 6.54 Å². The molecule has 1 atom stereocenters. The summed E-state index contributed by atoms with van der Waals surface area (Å²) in [5.74, 6) is 0. The van der Waals surface area contributed by atoms with Crippen molar-refractivity contribution in [2.75, 3.05) is 11.9 Å². The fourth-order valence-electron chi connectivity index (χ4n) is 1.81. The van der Waals surface area contributed by atoms with Gasteiger partial charge in [-0.2, -0.15) is 0 Å². The van der Waals surface area contributed by atoms with Crippen molar-refractivity contribution >= 4 is 17.0 Å². The predicted octanol–water partition coefficient (Wildman–Crippen LogP) is 3.48. The third-order valence-electron chi connectivity index (χ3n) is 2.85. The minimum Gasteiger partial charge on any atom is -0.376 e. The quantitative estimate of drug-likeness (QED) is 0.866. The molecule has 2 aromatic rings. The Balaban J connectivity index is 2.21. The van der Waals surface area contributed by atoms with Crippen molar-refractivity contribution < 1.29 is 0 Å². The first-order valence-electron chi connectivity index (χ1n) is 5.78. The third-order valence-corrected chi connectivity index (χ3v) is 3.83. The highest BCUT2D eigenvalue weighted by Gasteiger charge is 2.11. The van der Waals surface area contributed by atoms with Crippen molar-refractivity contribution in [1.82, 2.24) is 0 Å². The summed E-state index contributed by atoms with van der Waals surface area (Å²) in [6.45, 7) is 4.82. The van der Waals surface area contributed by atoms with Gasteiger partial charge < -0.3 is 11.1 Å². The van der Waals surface area contributed by atoms with Gasteiger partial charge in [0.15, 0.2) is 0 Å². The minimum atomic E-state index is 0.204. The number of rotatable bonds is 4. The zero-order chi connectivity index (χ0) is 12.3. The topological polar surface area (TPSA) is 38.0 Å². The normalized spacial score (nSPS) is 12.4. The highest BCUT2D eigenvalue weighted by Crippen LogP contribution is 2.25. The Morgan fingerprint density at radius 1 is 1.29 bits per heavy atom. The maximum absolute atomic E-state index is 5.84. The van der Waals surface area contributed by atoms with Crippen LogP contribution < -0.4 is 11.1 Å². The third kappa shape index (κ3) is 2.87. The molecule has 0 spiro atoms. The van der Waals surface area contributed by atoms with Crippen LogP contribution >= 0.6 is 11.3 Å². The number of nitrogens with two attached hydrogens (primary N) is 1. The second-order valence-electron chi connectivity index (χ2n) is 4.27. The van der Waals surface area contributed by atoms with E-state index in [1.54, 1.807) is 11.3 Å². The average Bonchev–Trinajstić information content (AvgIpc) is 2.84. The van der Waals surface area contributed by atoms with E-state index in [1.807, 2.05) is 0 Å². The second-order valence-corrected chi connectivity index (χ2v) is 5.25.